The number of anilines is 3. The van der Waals surface area contributed by atoms with Gasteiger partial charge in [0.05, 0.1) is 30.5 Å². The number of aliphatic hydroxyl groups is 2. The van der Waals surface area contributed by atoms with Crippen molar-refractivity contribution in [3.8, 4) is 5.75 Å². The molecular weight excluding hydrogens is 497 g/mol. The molecule has 0 aromatic carbocycles. The molecule has 0 saturated carbocycles. The van der Waals surface area contributed by atoms with Gasteiger partial charge in [0.15, 0.2) is 11.6 Å². The highest BCUT2D eigenvalue weighted by atomic mass is 19.4. The fraction of sp³-hybridized carbons (Fsp3) is 0.522. The third-order valence-corrected chi connectivity index (χ3v) is 6.22. The third-order valence-electron chi connectivity index (χ3n) is 6.22. The molecule has 37 heavy (non-hydrogen) atoms. The number of pyridine rings is 1. The van der Waals surface area contributed by atoms with Crippen LogP contribution in [0.4, 0.5) is 35.3 Å². The van der Waals surface area contributed by atoms with E-state index in [1.165, 1.54) is 29.4 Å². The quantitative estimate of drug-likeness (QED) is 0.444. The number of aromatic nitrogens is 3. The number of nitrogens with one attached hydrogen (secondary N) is 1. The SMILES string of the molecule is C[C@@H](CC(=O)c1ncc2c(n1)N(C(=O)Nc1cc(OC[C@H](O)CO)ccn1)[C@H]1CCCN2C1)C(F)(F)F. The summed E-state index contributed by atoms with van der Waals surface area (Å²) in [7, 11) is 0. The number of piperidine rings is 1. The van der Waals surface area contributed by atoms with Crippen molar-refractivity contribution in [2.45, 2.75) is 44.5 Å². The van der Waals surface area contributed by atoms with Crippen LogP contribution in [0.3, 0.4) is 0 Å². The van der Waals surface area contributed by atoms with Crippen molar-refractivity contribution in [1.29, 1.82) is 0 Å². The van der Waals surface area contributed by atoms with E-state index in [1.807, 2.05) is 4.90 Å². The van der Waals surface area contributed by atoms with E-state index in [0.717, 1.165) is 13.3 Å². The van der Waals surface area contributed by atoms with Gasteiger partial charge in [0.1, 0.15) is 24.3 Å². The van der Waals surface area contributed by atoms with Crippen LogP contribution in [0.5, 0.6) is 5.75 Å². The molecule has 0 unspecified atom stereocenters. The molecule has 3 atom stereocenters. The molecule has 3 N–H and O–H groups in total. The maximum absolute atomic E-state index is 13.4. The Hall–Kier alpha value is -3.52. The summed E-state index contributed by atoms with van der Waals surface area (Å²) in [5.41, 5.74) is 0.509. The number of Topliss-reactive ketones (excluding diaryl/α,β-unsaturated/α-hetero) is 1. The van der Waals surface area contributed by atoms with Gasteiger partial charge in [-0.1, -0.05) is 6.92 Å². The summed E-state index contributed by atoms with van der Waals surface area (Å²) in [6.45, 7) is 1.50. The van der Waals surface area contributed by atoms with Crippen molar-refractivity contribution in [1.82, 2.24) is 15.0 Å². The number of halogens is 3. The lowest BCUT2D eigenvalue weighted by Crippen LogP contribution is -2.56. The van der Waals surface area contributed by atoms with Gasteiger partial charge in [0.2, 0.25) is 5.78 Å². The average Bonchev–Trinajstić information content (AvgIpc) is 2.86. The predicted octanol–water partition coefficient (Wildman–Crippen LogP) is 2.40. The lowest BCUT2D eigenvalue weighted by atomic mass is 10.00. The highest BCUT2D eigenvalue weighted by Gasteiger charge is 2.40. The van der Waals surface area contributed by atoms with Crippen molar-refractivity contribution in [3.05, 3.63) is 30.4 Å². The third kappa shape index (κ3) is 6.07. The summed E-state index contributed by atoms with van der Waals surface area (Å²) in [5, 5.41) is 21.1. The van der Waals surface area contributed by atoms with Gasteiger partial charge in [-0.3, -0.25) is 15.0 Å². The van der Waals surface area contributed by atoms with Gasteiger partial charge in [-0.15, -0.1) is 0 Å². The first-order valence-corrected chi connectivity index (χ1v) is 11.8. The van der Waals surface area contributed by atoms with Crippen LogP contribution in [-0.4, -0.2) is 81.6 Å². The molecule has 11 nitrogen and oxygen atoms in total. The van der Waals surface area contributed by atoms with Crippen molar-refractivity contribution >= 4 is 29.1 Å². The minimum absolute atomic E-state index is 0.143. The van der Waals surface area contributed by atoms with Gasteiger partial charge in [-0.05, 0) is 18.9 Å². The van der Waals surface area contributed by atoms with Crippen LogP contribution in [0, 0.1) is 5.92 Å². The summed E-state index contributed by atoms with van der Waals surface area (Å²) in [4.78, 5) is 41.7. The zero-order chi connectivity index (χ0) is 26.7. The van der Waals surface area contributed by atoms with Crippen molar-refractivity contribution in [2.24, 2.45) is 5.92 Å². The Balaban J connectivity index is 1.57. The summed E-state index contributed by atoms with van der Waals surface area (Å²) >= 11 is 0. The molecule has 14 heteroatoms. The van der Waals surface area contributed by atoms with Crippen LogP contribution in [0.15, 0.2) is 24.5 Å². The molecule has 2 bridgehead atoms. The summed E-state index contributed by atoms with van der Waals surface area (Å²) in [5.74, 6) is -2.52. The van der Waals surface area contributed by atoms with Crippen molar-refractivity contribution in [3.63, 3.8) is 0 Å². The topological polar surface area (TPSA) is 141 Å². The molecule has 200 valence electrons. The summed E-state index contributed by atoms with van der Waals surface area (Å²) < 4.78 is 44.3. The van der Waals surface area contributed by atoms with Crippen LogP contribution < -0.4 is 19.9 Å². The number of ether oxygens (including phenoxy) is 1. The number of fused-ring (bicyclic) bond motifs is 4. The van der Waals surface area contributed by atoms with E-state index >= 15 is 0 Å². The molecule has 0 spiro atoms. The van der Waals surface area contributed by atoms with E-state index in [4.69, 9.17) is 9.84 Å². The lowest BCUT2D eigenvalue weighted by molar-refractivity contribution is -0.168. The number of aliphatic hydroxyl groups excluding tert-OH is 2. The molecule has 4 rings (SSSR count). The van der Waals surface area contributed by atoms with E-state index in [9.17, 15) is 27.9 Å². The van der Waals surface area contributed by atoms with Gasteiger partial charge in [-0.25, -0.2) is 19.7 Å². The van der Waals surface area contributed by atoms with Crippen molar-refractivity contribution < 1.29 is 37.7 Å². The minimum Gasteiger partial charge on any atom is -0.491 e. The molecule has 1 fully saturated rings. The smallest absolute Gasteiger partial charge is 0.391 e. The first-order chi connectivity index (χ1) is 17.6. The zero-order valence-corrected chi connectivity index (χ0v) is 20.0. The number of carbonyl (C=O) groups is 2. The highest BCUT2D eigenvalue weighted by Crippen LogP contribution is 2.38. The van der Waals surface area contributed by atoms with E-state index in [0.29, 0.717) is 30.9 Å². The first kappa shape index (κ1) is 26.5. The van der Waals surface area contributed by atoms with Crippen LogP contribution in [-0.2, 0) is 0 Å². The normalized spacial score (nSPS) is 18.6. The second-order valence-electron chi connectivity index (χ2n) is 9.04. The van der Waals surface area contributed by atoms with Crippen LogP contribution in [0.25, 0.3) is 0 Å². The molecule has 2 aromatic heterocycles. The van der Waals surface area contributed by atoms with E-state index in [2.05, 4.69) is 20.3 Å². The zero-order valence-electron chi connectivity index (χ0n) is 20.0. The van der Waals surface area contributed by atoms with E-state index in [1.54, 1.807) is 0 Å². The Morgan fingerprint density at radius 1 is 1.32 bits per heavy atom. The number of hydrogen-bond donors (Lipinski definition) is 3. The fourth-order valence-corrected chi connectivity index (χ4v) is 4.19. The first-order valence-electron chi connectivity index (χ1n) is 11.8. The Bertz CT molecular complexity index is 1150. The van der Waals surface area contributed by atoms with Gasteiger partial charge in [-0.2, -0.15) is 13.2 Å². The van der Waals surface area contributed by atoms with Crippen LogP contribution in [0.1, 0.15) is 36.8 Å². The molecule has 2 aliphatic heterocycles. The van der Waals surface area contributed by atoms with Crippen LogP contribution >= 0.6 is 0 Å². The number of ketones is 1. The largest absolute Gasteiger partial charge is 0.491 e. The Morgan fingerprint density at radius 2 is 2.11 bits per heavy atom. The monoisotopic (exact) mass is 524 g/mol. The predicted molar refractivity (Wildman–Crippen MR) is 126 cm³/mol. The molecule has 2 aromatic rings. The standard InChI is InChI=1S/C23H27F3N6O5/c1-13(23(24,25)26)7-18(35)20-28-9-17-21(30-20)32(14-3-2-6-31(17)10-14)22(36)29-19-8-16(4-5-27-19)37-12-15(34)11-33/h4-5,8-9,13-15,33-34H,2-3,6-7,10-12H2,1H3,(H,27,29,36)/t13-,14-,15+/m0/s1. The van der Waals surface area contributed by atoms with E-state index < -0.39 is 43.0 Å². The second-order valence-corrected chi connectivity index (χ2v) is 9.04. The Kier molecular flexibility index (Phi) is 7.78. The molecule has 2 amide bonds. The Morgan fingerprint density at radius 3 is 2.84 bits per heavy atom. The number of carbonyl (C=O) groups excluding carboxylic acids is 2. The molecule has 4 heterocycles. The number of hydrogen-bond acceptors (Lipinski definition) is 9. The number of nitrogens with zero attached hydrogens (tertiary/aromatic N) is 5. The highest BCUT2D eigenvalue weighted by molar-refractivity contribution is 6.04. The van der Waals surface area contributed by atoms with Gasteiger partial charge in [0.25, 0.3) is 0 Å². The summed E-state index contributed by atoms with van der Waals surface area (Å²) in [6, 6.07) is 2.08. The van der Waals surface area contributed by atoms with Gasteiger partial charge in [0, 0.05) is 31.8 Å². The van der Waals surface area contributed by atoms with Crippen molar-refractivity contribution in [2.75, 3.05) is 41.4 Å². The maximum atomic E-state index is 13.4. The maximum Gasteiger partial charge on any atom is 0.391 e. The van der Waals surface area contributed by atoms with E-state index in [-0.39, 0.29) is 30.1 Å². The average molecular weight is 525 g/mol. The number of alkyl halides is 3. The fourth-order valence-electron chi connectivity index (χ4n) is 4.19. The molecule has 0 aliphatic carbocycles. The molecule has 0 radical (unpaired) electrons. The van der Waals surface area contributed by atoms with Gasteiger partial charge < -0.3 is 19.8 Å². The molecular formula is C23H27F3N6O5. The second kappa shape index (κ2) is 10.8. The van der Waals surface area contributed by atoms with Crippen LogP contribution in [0.2, 0.25) is 0 Å². The Labute approximate surface area is 210 Å². The number of urea groups is 1. The number of rotatable bonds is 8. The minimum atomic E-state index is -4.53. The van der Waals surface area contributed by atoms with Gasteiger partial charge >= 0.3 is 12.2 Å². The lowest BCUT2D eigenvalue weighted by Gasteiger charge is -2.45. The summed E-state index contributed by atoms with van der Waals surface area (Å²) in [6.07, 6.45) is -2.17. The number of amides is 2. The molecule has 1 saturated heterocycles. The molecule has 2 aliphatic rings.